The van der Waals surface area contributed by atoms with Gasteiger partial charge in [0.2, 0.25) is 5.91 Å². The molecule has 32 heavy (non-hydrogen) atoms. The average molecular weight is 437 g/mol. The second-order valence-electron chi connectivity index (χ2n) is 8.30. The van der Waals surface area contributed by atoms with Gasteiger partial charge in [-0.2, -0.15) is 0 Å². The zero-order chi connectivity index (χ0) is 22.5. The molecule has 0 spiro atoms. The number of hydrogen-bond donors (Lipinski definition) is 0. The third-order valence-electron chi connectivity index (χ3n) is 6.10. The lowest BCUT2D eigenvalue weighted by Gasteiger charge is -2.31. The number of morpholine rings is 1. The first-order chi connectivity index (χ1) is 15.6. The van der Waals surface area contributed by atoms with Gasteiger partial charge in [-0.1, -0.05) is 37.3 Å². The van der Waals surface area contributed by atoms with E-state index in [1.807, 2.05) is 48.0 Å². The molecule has 1 aliphatic heterocycles. The Morgan fingerprint density at radius 2 is 1.59 bits per heavy atom. The molecule has 0 saturated carbocycles. The van der Waals surface area contributed by atoms with E-state index < -0.39 is 0 Å². The van der Waals surface area contributed by atoms with E-state index in [2.05, 4.69) is 24.0 Å². The van der Waals surface area contributed by atoms with Crippen LogP contribution in [0.1, 0.15) is 25.3 Å². The van der Waals surface area contributed by atoms with Gasteiger partial charge in [-0.15, -0.1) is 0 Å². The normalized spacial score (nSPS) is 14.1. The number of amides is 1. The molecular weight excluding hydrogens is 404 g/mol. The molecule has 1 saturated heterocycles. The average Bonchev–Trinajstić information content (AvgIpc) is 3.09. The summed E-state index contributed by atoms with van der Waals surface area (Å²) in [6.45, 7) is 6.83. The molecule has 0 atom stereocenters. The number of nitrogens with zero attached hydrogens (tertiary/aromatic N) is 4. The highest BCUT2D eigenvalue weighted by Gasteiger charge is 2.18. The van der Waals surface area contributed by atoms with Gasteiger partial charge in [-0.05, 0) is 30.2 Å². The molecule has 0 N–H and O–H groups in total. The van der Waals surface area contributed by atoms with E-state index in [9.17, 15) is 9.59 Å². The van der Waals surface area contributed by atoms with Gasteiger partial charge in [0, 0.05) is 51.9 Å². The molecule has 0 bridgehead atoms. The largest absolute Gasteiger partial charge is 0.378 e. The number of para-hydroxylation sites is 3. The minimum Gasteiger partial charge on any atom is -0.378 e. The van der Waals surface area contributed by atoms with Crippen molar-refractivity contribution in [1.82, 2.24) is 14.0 Å². The Kier molecular flexibility index (Phi) is 6.95. The predicted octanol–water partition coefficient (Wildman–Crippen LogP) is 3.10. The maximum Gasteiger partial charge on any atom is 0.329 e. The third-order valence-corrected chi connectivity index (χ3v) is 6.10. The minimum atomic E-state index is -0.0406. The van der Waals surface area contributed by atoms with E-state index >= 15 is 0 Å². The number of rotatable bonds is 8. The number of benzene rings is 2. The van der Waals surface area contributed by atoms with Crippen LogP contribution in [0.3, 0.4) is 0 Å². The number of imidazole rings is 1. The topological polar surface area (TPSA) is 59.7 Å². The first kappa shape index (κ1) is 22.1. The van der Waals surface area contributed by atoms with Crippen LogP contribution in [-0.2, 0) is 29.2 Å². The van der Waals surface area contributed by atoms with Gasteiger partial charge in [-0.3, -0.25) is 13.9 Å². The molecule has 0 aliphatic carbocycles. The summed E-state index contributed by atoms with van der Waals surface area (Å²) < 4.78 is 9.02. The van der Waals surface area contributed by atoms with E-state index in [0.717, 1.165) is 55.0 Å². The summed E-state index contributed by atoms with van der Waals surface area (Å²) in [4.78, 5) is 30.0. The van der Waals surface area contributed by atoms with Crippen molar-refractivity contribution < 1.29 is 9.53 Å². The Bertz CT molecular complexity index is 1130. The van der Waals surface area contributed by atoms with Crippen LogP contribution in [0.2, 0.25) is 0 Å². The number of aryl methyl sites for hydroxylation is 2. The molecule has 7 nitrogen and oxygen atoms in total. The summed E-state index contributed by atoms with van der Waals surface area (Å²) in [5, 5.41) is 0. The summed E-state index contributed by atoms with van der Waals surface area (Å²) in [5.41, 5.74) is 4.07. The van der Waals surface area contributed by atoms with Gasteiger partial charge in [0.05, 0.1) is 24.2 Å². The van der Waals surface area contributed by atoms with Crippen molar-refractivity contribution >= 4 is 22.6 Å². The van der Waals surface area contributed by atoms with E-state index in [4.69, 9.17) is 4.74 Å². The van der Waals surface area contributed by atoms with Crippen molar-refractivity contribution in [3.63, 3.8) is 0 Å². The van der Waals surface area contributed by atoms with Crippen LogP contribution in [-0.4, -0.2) is 53.3 Å². The van der Waals surface area contributed by atoms with Crippen LogP contribution in [0.25, 0.3) is 11.0 Å². The van der Waals surface area contributed by atoms with Gasteiger partial charge in [0.15, 0.2) is 0 Å². The van der Waals surface area contributed by atoms with E-state index in [0.29, 0.717) is 19.6 Å². The van der Waals surface area contributed by atoms with Gasteiger partial charge in [-0.25, -0.2) is 4.79 Å². The zero-order valence-electron chi connectivity index (χ0n) is 19.0. The van der Waals surface area contributed by atoms with Crippen LogP contribution < -0.4 is 10.6 Å². The van der Waals surface area contributed by atoms with E-state index in [1.165, 1.54) is 0 Å². The Labute approximate surface area is 188 Å². The second kappa shape index (κ2) is 10.0. The van der Waals surface area contributed by atoms with Crippen molar-refractivity contribution in [2.75, 3.05) is 38.3 Å². The summed E-state index contributed by atoms with van der Waals surface area (Å²) in [6.07, 6.45) is 1.17. The van der Waals surface area contributed by atoms with Gasteiger partial charge < -0.3 is 14.5 Å². The molecule has 170 valence electrons. The van der Waals surface area contributed by atoms with Gasteiger partial charge in [0.1, 0.15) is 0 Å². The van der Waals surface area contributed by atoms with Crippen molar-refractivity contribution in [3.8, 4) is 0 Å². The van der Waals surface area contributed by atoms with Crippen molar-refractivity contribution in [2.24, 2.45) is 0 Å². The molecule has 1 aromatic heterocycles. The maximum atomic E-state index is 13.0. The molecule has 3 aromatic rings. The number of carbonyl (C=O) groups excluding carboxylic acids is 1. The molecule has 2 heterocycles. The fourth-order valence-corrected chi connectivity index (χ4v) is 4.43. The summed E-state index contributed by atoms with van der Waals surface area (Å²) in [7, 11) is 1.83. The molecule has 0 unspecified atom stereocenters. The zero-order valence-corrected chi connectivity index (χ0v) is 19.0. The number of hydrogen-bond acceptors (Lipinski definition) is 4. The Hall–Kier alpha value is -3.06. The third kappa shape index (κ3) is 4.58. The number of carbonyl (C=O) groups is 1. The van der Waals surface area contributed by atoms with Crippen LogP contribution in [0.4, 0.5) is 5.69 Å². The van der Waals surface area contributed by atoms with Crippen LogP contribution in [0.15, 0.2) is 53.3 Å². The molecule has 1 fully saturated rings. The molecule has 1 amide bonds. The molecule has 1 aliphatic rings. The summed E-state index contributed by atoms with van der Waals surface area (Å²) in [5.74, 6) is 0.0287. The van der Waals surface area contributed by atoms with Crippen LogP contribution in [0, 0.1) is 0 Å². The highest BCUT2D eigenvalue weighted by molar-refractivity contribution is 5.78. The molecule has 0 radical (unpaired) electrons. The van der Waals surface area contributed by atoms with Crippen molar-refractivity contribution in [1.29, 1.82) is 0 Å². The number of fused-ring (bicyclic) bond motifs is 1. The van der Waals surface area contributed by atoms with Crippen LogP contribution in [0.5, 0.6) is 0 Å². The standard InChI is InChI=1S/C25H32N4O3/c1-3-13-28-22-10-6-7-11-23(22)29(25(28)31)14-12-24(30)26(2)19-20-8-4-5-9-21(20)27-15-17-32-18-16-27/h4-11H,3,12-19H2,1-2H3. The predicted molar refractivity (Wildman–Crippen MR) is 127 cm³/mol. The lowest BCUT2D eigenvalue weighted by molar-refractivity contribution is -0.130. The Morgan fingerprint density at radius 1 is 0.969 bits per heavy atom. The first-order valence-electron chi connectivity index (χ1n) is 11.4. The van der Waals surface area contributed by atoms with E-state index in [-0.39, 0.29) is 18.0 Å². The van der Waals surface area contributed by atoms with Gasteiger partial charge >= 0.3 is 5.69 Å². The number of ether oxygens (including phenoxy) is 1. The van der Waals surface area contributed by atoms with Crippen molar-refractivity contribution in [2.45, 2.75) is 39.4 Å². The van der Waals surface area contributed by atoms with Crippen LogP contribution >= 0.6 is 0 Å². The number of aromatic nitrogens is 2. The fraction of sp³-hybridized carbons (Fsp3) is 0.440. The number of anilines is 1. The lowest BCUT2D eigenvalue weighted by Crippen LogP contribution is -2.37. The monoisotopic (exact) mass is 436 g/mol. The Morgan fingerprint density at radius 3 is 2.28 bits per heavy atom. The highest BCUT2D eigenvalue weighted by Crippen LogP contribution is 2.23. The van der Waals surface area contributed by atoms with E-state index in [1.54, 1.807) is 9.47 Å². The SMILES string of the molecule is CCCn1c(=O)n(CCC(=O)N(C)Cc2ccccc2N2CCOCC2)c2ccccc21. The second-order valence-corrected chi connectivity index (χ2v) is 8.30. The fourth-order valence-electron chi connectivity index (χ4n) is 4.43. The maximum absolute atomic E-state index is 13.0. The Balaban J connectivity index is 1.46. The first-order valence-corrected chi connectivity index (χ1v) is 11.4. The molecular formula is C25H32N4O3. The quantitative estimate of drug-likeness (QED) is 0.545. The minimum absolute atomic E-state index is 0.0287. The van der Waals surface area contributed by atoms with Crippen molar-refractivity contribution in [3.05, 3.63) is 64.6 Å². The highest BCUT2D eigenvalue weighted by atomic mass is 16.5. The summed E-state index contributed by atoms with van der Waals surface area (Å²) in [6, 6.07) is 16.1. The molecule has 4 rings (SSSR count). The van der Waals surface area contributed by atoms with Gasteiger partial charge in [0.25, 0.3) is 0 Å². The smallest absolute Gasteiger partial charge is 0.329 e. The lowest BCUT2D eigenvalue weighted by atomic mass is 10.1. The molecule has 2 aromatic carbocycles. The molecule has 7 heteroatoms. The summed E-state index contributed by atoms with van der Waals surface area (Å²) >= 11 is 0.